The van der Waals surface area contributed by atoms with Crippen molar-refractivity contribution in [3.05, 3.63) is 0 Å². The van der Waals surface area contributed by atoms with Crippen LogP contribution in [0.5, 0.6) is 0 Å². The molecule has 0 N–H and O–H groups in total. The number of likely N-dealkylation sites (tertiary alicyclic amines) is 2. The van der Waals surface area contributed by atoms with Gasteiger partial charge in [-0.2, -0.15) is 0 Å². The molecule has 0 aliphatic carbocycles. The first-order valence-electron chi connectivity index (χ1n) is 7.23. The molecule has 0 amide bonds. The Morgan fingerprint density at radius 2 is 1.71 bits per heavy atom. The minimum Gasteiger partial charge on any atom is -0.303 e. The molecule has 3 heteroatoms. The van der Waals surface area contributed by atoms with Gasteiger partial charge in [0.2, 0.25) is 0 Å². The zero-order valence-electron chi connectivity index (χ0n) is 11.4. The molecule has 0 bridgehead atoms. The Hall–Kier alpha value is -0.410. The molecule has 2 heterocycles. The number of nitrogens with zero attached hydrogens (tertiary/aromatic N) is 2. The van der Waals surface area contributed by atoms with Crippen LogP contribution in [0.4, 0.5) is 0 Å². The quantitative estimate of drug-likeness (QED) is 0.747. The minimum absolute atomic E-state index is 0.0692. The molecule has 0 aromatic rings. The van der Waals surface area contributed by atoms with Gasteiger partial charge in [0.1, 0.15) is 0 Å². The summed E-state index contributed by atoms with van der Waals surface area (Å²) in [7, 11) is 0. The van der Waals surface area contributed by atoms with Crippen LogP contribution in [0.1, 0.15) is 46.0 Å². The first-order chi connectivity index (χ1) is 8.23. The Kier molecular flexibility index (Phi) is 4.21. The van der Waals surface area contributed by atoms with Gasteiger partial charge in [-0.05, 0) is 38.8 Å². The lowest BCUT2D eigenvalue weighted by Gasteiger charge is -2.43. The topological polar surface area (TPSA) is 23.6 Å². The Balaban J connectivity index is 2.00. The number of rotatable bonds is 4. The largest absolute Gasteiger partial charge is 0.303 e. The van der Waals surface area contributed by atoms with Crippen molar-refractivity contribution in [1.29, 1.82) is 0 Å². The molecule has 0 unspecified atom stereocenters. The van der Waals surface area contributed by atoms with Crippen LogP contribution in [0.2, 0.25) is 0 Å². The fourth-order valence-corrected chi connectivity index (χ4v) is 3.51. The highest BCUT2D eigenvalue weighted by Crippen LogP contribution is 2.35. The van der Waals surface area contributed by atoms with Crippen molar-refractivity contribution in [2.45, 2.75) is 51.5 Å². The van der Waals surface area contributed by atoms with Crippen LogP contribution in [-0.4, -0.2) is 53.8 Å². The number of carbonyl (C=O) groups is 1. The zero-order chi connectivity index (χ0) is 12.3. The lowest BCUT2D eigenvalue weighted by atomic mass is 9.84. The highest BCUT2D eigenvalue weighted by molar-refractivity contribution is 5.90. The smallest absolute Gasteiger partial charge is 0.154 e. The molecule has 2 aliphatic heterocycles. The summed E-state index contributed by atoms with van der Waals surface area (Å²) < 4.78 is 0. The van der Waals surface area contributed by atoms with Gasteiger partial charge in [0.05, 0.1) is 5.54 Å². The van der Waals surface area contributed by atoms with Crippen molar-refractivity contribution in [3.63, 3.8) is 0 Å². The summed E-state index contributed by atoms with van der Waals surface area (Å²) in [6.07, 6.45) is 5.29. The van der Waals surface area contributed by atoms with Gasteiger partial charge in [0.15, 0.2) is 5.78 Å². The third-order valence-electron chi connectivity index (χ3n) is 4.45. The van der Waals surface area contributed by atoms with E-state index in [1.165, 1.54) is 13.0 Å². The minimum atomic E-state index is -0.0692. The second-order valence-corrected chi connectivity index (χ2v) is 5.53. The molecule has 0 aromatic carbocycles. The van der Waals surface area contributed by atoms with E-state index in [1.54, 1.807) is 0 Å². The number of piperidine rings is 1. The standard InChI is InChI=1S/C14H26N2O/c1-3-8-15-11-6-14(7-12-15)13(17)5-10-16(14)9-4-2/h3-12H2,1-2H3. The van der Waals surface area contributed by atoms with E-state index in [2.05, 4.69) is 23.6 Å². The van der Waals surface area contributed by atoms with Crippen LogP contribution >= 0.6 is 0 Å². The summed E-state index contributed by atoms with van der Waals surface area (Å²) in [5.74, 6) is 0.516. The molecule has 17 heavy (non-hydrogen) atoms. The van der Waals surface area contributed by atoms with Crippen LogP contribution < -0.4 is 0 Å². The summed E-state index contributed by atoms with van der Waals surface area (Å²) in [5.41, 5.74) is -0.0692. The van der Waals surface area contributed by atoms with Crippen LogP contribution in [-0.2, 0) is 4.79 Å². The maximum atomic E-state index is 12.2. The van der Waals surface area contributed by atoms with Crippen molar-refractivity contribution in [1.82, 2.24) is 9.80 Å². The van der Waals surface area contributed by atoms with Gasteiger partial charge >= 0.3 is 0 Å². The van der Waals surface area contributed by atoms with Crippen molar-refractivity contribution >= 4 is 5.78 Å². The molecular formula is C14H26N2O. The average molecular weight is 238 g/mol. The van der Waals surface area contributed by atoms with Gasteiger partial charge in [-0.15, -0.1) is 0 Å². The monoisotopic (exact) mass is 238 g/mol. The van der Waals surface area contributed by atoms with Gasteiger partial charge in [-0.1, -0.05) is 13.8 Å². The van der Waals surface area contributed by atoms with Gasteiger partial charge in [-0.3, -0.25) is 9.69 Å². The predicted molar refractivity (Wildman–Crippen MR) is 70.2 cm³/mol. The molecule has 0 saturated carbocycles. The summed E-state index contributed by atoms with van der Waals surface area (Å²) in [6.45, 7) is 9.95. The number of Topliss-reactive ketones (excluding diaryl/α,β-unsaturated/α-hetero) is 1. The zero-order valence-corrected chi connectivity index (χ0v) is 11.4. The van der Waals surface area contributed by atoms with Crippen molar-refractivity contribution in [2.75, 3.05) is 32.7 Å². The lowest BCUT2D eigenvalue weighted by molar-refractivity contribution is -0.127. The van der Waals surface area contributed by atoms with Crippen molar-refractivity contribution < 1.29 is 4.79 Å². The highest BCUT2D eigenvalue weighted by Gasteiger charge is 2.48. The predicted octanol–water partition coefficient (Wildman–Crippen LogP) is 1.92. The maximum absolute atomic E-state index is 12.2. The third-order valence-corrected chi connectivity index (χ3v) is 4.45. The number of hydrogen-bond donors (Lipinski definition) is 0. The van der Waals surface area contributed by atoms with Crippen LogP contribution in [0.3, 0.4) is 0 Å². The Bertz CT molecular complexity index is 269. The molecule has 1 spiro atoms. The molecule has 3 nitrogen and oxygen atoms in total. The third kappa shape index (κ3) is 2.41. The van der Waals surface area contributed by atoms with Crippen LogP contribution in [0.25, 0.3) is 0 Å². The summed E-state index contributed by atoms with van der Waals surface area (Å²) >= 11 is 0. The van der Waals surface area contributed by atoms with E-state index >= 15 is 0 Å². The molecule has 0 aromatic heterocycles. The molecule has 2 fully saturated rings. The van der Waals surface area contributed by atoms with E-state index in [-0.39, 0.29) is 5.54 Å². The second kappa shape index (κ2) is 5.49. The van der Waals surface area contributed by atoms with Crippen LogP contribution in [0.15, 0.2) is 0 Å². The van der Waals surface area contributed by atoms with E-state index in [1.807, 2.05) is 0 Å². The number of ketones is 1. The molecule has 98 valence electrons. The van der Waals surface area contributed by atoms with Crippen molar-refractivity contribution in [3.8, 4) is 0 Å². The summed E-state index contributed by atoms with van der Waals surface area (Å²) in [4.78, 5) is 17.2. The van der Waals surface area contributed by atoms with Crippen LogP contribution in [0, 0.1) is 0 Å². The molecule has 0 radical (unpaired) electrons. The Morgan fingerprint density at radius 3 is 2.29 bits per heavy atom. The average Bonchev–Trinajstić information content (AvgIpc) is 2.62. The maximum Gasteiger partial charge on any atom is 0.154 e. The lowest BCUT2D eigenvalue weighted by Crippen LogP contribution is -2.55. The van der Waals surface area contributed by atoms with Gasteiger partial charge in [-0.25, -0.2) is 0 Å². The SMILES string of the molecule is CCCN1CCC2(CC1)C(=O)CCN2CCC. The summed E-state index contributed by atoms with van der Waals surface area (Å²) in [6, 6.07) is 0. The first kappa shape index (κ1) is 13.0. The number of carbonyl (C=O) groups excluding carboxylic acids is 1. The van der Waals surface area contributed by atoms with Gasteiger partial charge < -0.3 is 4.90 Å². The first-order valence-corrected chi connectivity index (χ1v) is 7.23. The van der Waals surface area contributed by atoms with E-state index in [4.69, 9.17) is 0 Å². The normalized spacial score (nSPS) is 25.9. The Morgan fingerprint density at radius 1 is 1.06 bits per heavy atom. The molecule has 0 atom stereocenters. The van der Waals surface area contributed by atoms with Gasteiger partial charge in [0.25, 0.3) is 0 Å². The fraction of sp³-hybridized carbons (Fsp3) is 0.929. The highest BCUT2D eigenvalue weighted by atomic mass is 16.1. The Labute approximate surface area is 105 Å². The summed E-state index contributed by atoms with van der Waals surface area (Å²) in [5, 5.41) is 0. The van der Waals surface area contributed by atoms with E-state index in [0.29, 0.717) is 5.78 Å². The van der Waals surface area contributed by atoms with E-state index in [9.17, 15) is 4.79 Å². The second-order valence-electron chi connectivity index (χ2n) is 5.53. The van der Waals surface area contributed by atoms with Gasteiger partial charge in [0, 0.05) is 26.1 Å². The van der Waals surface area contributed by atoms with E-state index < -0.39 is 0 Å². The molecular weight excluding hydrogens is 212 g/mol. The van der Waals surface area contributed by atoms with Crippen molar-refractivity contribution in [2.24, 2.45) is 0 Å². The van der Waals surface area contributed by atoms with E-state index in [0.717, 1.165) is 51.9 Å². The molecule has 2 saturated heterocycles. The fourth-order valence-electron chi connectivity index (χ4n) is 3.51. The molecule has 2 aliphatic rings. The number of hydrogen-bond acceptors (Lipinski definition) is 3. The molecule has 2 rings (SSSR count).